The van der Waals surface area contributed by atoms with Crippen LogP contribution in [0.5, 0.6) is 0 Å². The number of benzene rings is 3. The monoisotopic (exact) mass is 442 g/mol. The van der Waals surface area contributed by atoms with E-state index in [4.69, 9.17) is 0 Å². The van der Waals surface area contributed by atoms with Gasteiger partial charge in [0.1, 0.15) is 5.78 Å². The summed E-state index contributed by atoms with van der Waals surface area (Å²) in [7, 11) is 0. The number of hydrogen-bond donors (Lipinski definition) is 0. The molecule has 0 aliphatic carbocycles. The van der Waals surface area contributed by atoms with E-state index in [1.165, 1.54) is 0 Å². The highest BCUT2D eigenvalue weighted by Crippen LogP contribution is 2.29. The molecule has 120 valence electrons. The Kier molecular flexibility index (Phi) is 5.64. The maximum absolute atomic E-state index is 13.1. The number of rotatable bonds is 5. The molecule has 0 unspecified atom stereocenters. The molecule has 0 saturated carbocycles. The van der Waals surface area contributed by atoms with Crippen LogP contribution in [0.2, 0.25) is 0 Å². The highest BCUT2D eigenvalue weighted by Gasteiger charge is 2.22. The zero-order valence-electron chi connectivity index (χ0n) is 13.0. The Morgan fingerprint density at radius 1 is 0.708 bits per heavy atom. The van der Waals surface area contributed by atoms with E-state index in [-0.39, 0.29) is 11.7 Å². The molecule has 3 aromatic carbocycles. The Morgan fingerprint density at radius 2 is 1.17 bits per heavy atom. The molecule has 1 nitrogen and oxygen atoms in total. The van der Waals surface area contributed by atoms with Gasteiger partial charge in [0.05, 0.1) is 5.92 Å². The molecule has 0 N–H and O–H groups in total. The number of halogens is 2. The third-order valence-electron chi connectivity index (χ3n) is 3.95. The van der Waals surface area contributed by atoms with Gasteiger partial charge in [-0.15, -0.1) is 0 Å². The van der Waals surface area contributed by atoms with Crippen molar-refractivity contribution in [1.29, 1.82) is 0 Å². The molecular weight excluding hydrogens is 428 g/mol. The zero-order chi connectivity index (χ0) is 16.9. The van der Waals surface area contributed by atoms with Crippen molar-refractivity contribution in [2.45, 2.75) is 12.3 Å². The summed E-state index contributed by atoms with van der Waals surface area (Å²) in [5.41, 5.74) is 3.07. The molecule has 0 fully saturated rings. The van der Waals surface area contributed by atoms with Gasteiger partial charge in [-0.05, 0) is 41.0 Å². The second kappa shape index (κ2) is 7.91. The molecule has 0 radical (unpaired) electrons. The Morgan fingerprint density at radius 3 is 1.62 bits per heavy atom. The molecule has 0 aliphatic rings. The van der Waals surface area contributed by atoms with E-state index in [9.17, 15) is 4.79 Å². The molecule has 24 heavy (non-hydrogen) atoms. The number of carbonyl (C=O) groups excluding carboxylic acids is 1. The van der Waals surface area contributed by atoms with E-state index in [1.54, 1.807) is 0 Å². The molecule has 3 heteroatoms. The fraction of sp³-hybridized carbons (Fsp3) is 0.0952. The quantitative estimate of drug-likeness (QED) is 0.461. The Hall–Kier alpha value is -1.71. The lowest BCUT2D eigenvalue weighted by Gasteiger charge is -2.17. The van der Waals surface area contributed by atoms with Crippen LogP contribution in [0.1, 0.15) is 22.6 Å². The van der Waals surface area contributed by atoms with E-state index in [0.29, 0.717) is 6.42 Å². The minimum Gasteiger partial charge on any atom is -0.298 e. The van der Waals surface area contributed by atoms with Crippen molar-refractivity contribution in [2.75, 3.05) is 0 Å². The minimum absolute atomic E-state index is 0.200. The number of ketones is 1. The van der Waals surface area contributed by atoms with Crippen molar-refractivity contribution in [3.8, 4) is 0 Å². The van der Waals surface area contributed by atoms with Gasteiger partial charge in [0.25, 0.3) is 0 Å². The highest BCUT2D eigenvalue weighted by molar-refractivity contribution is 9.10. The van der Waals surface area contributed by atoms with Gasteiger partial charge in [-0.25, -0.2) is 0 Å². The minimum atomic E-state index is -0.258. The SMILES string of the molecule is O=C(Cc1ccccc1)C(c1ccc(Br)cc1)c1ccc(Br)cc1. The molecule has 0 aromatic heterocycles. The average molecular weight is 444 g/mol. The van der Waals surface area contributed by atoms with Gasteiger partial charge in [0.15, 0.2) is 0 Å². The third-order valence-corrected chi connectivity index (χ3v) is 5.01. The van der Waals surface area contributed by atoms with Gasteiger partial charge in [-0.1, -0.05) is 86.5 Å². The Labute approximate surface area is 159 Å². The second-order valence-corrected chi connectivity index (χ2v) is 7.50. The summed E-state index contributed by atoms with van der Waals surface area (Å²) >= 11 is 6.92. The van der Waals surface area contributed by atoms with Crippen LogP contribution >= 0.6 is 31.9 Å². The van der Waals surface area contributed by atoms with Crippen molar-refractivity contribution in [2.24, 2.45) is 0 Å². The molecule has 3 aromatic rings. The molecule has 0 saturated heterocycles. The number of hydrogen-bond acceptors (Lipinski definition) is 1. The van der Waals surface area contributed by atoms with Crippen molar-refractivity contribution in [1.82, 2.24) is 0 Å². The van der Waals surface area contributed by atoms with Crippen LogP contribution in [0, 0.1) is 0 Å². The normalized spacial score (nSPS) is 10.8. The molecule has 0 amide bonds. The lowest BCUT2D eigenvalue weighted by molar-refractivity contribution is -0.119. The summed E-state index contributed by atoms with van der Waals surface area (Å²) in [6.45, 7) is 0. The summed E-state index contributed by atoms with van der Waals surface area (Å²) < 4.78 is 2.02. The summed E-state index contributed by atoms with van der Waals surface area (Å²) in [5, 5.41) is 0. The third kappa shape index (κ3) is 4.22. The van der Waals surface area contributed by atoms with Crippen LogP contribution in [-0.4, -0.2) is 5.78 Å². The fourth-order valence-electron chi connectivity index (χ4n) is 2.77. The van der Waals surface area contributed by atoms with Crippen molar-refractivity contribution >= 4 is 37.6 Å². The van der Waals surface area contributed by atoms with Crippen LogP contribution in [0.25, 0.3) is 0 Å². The number of carbonyl (C=O) groups is 1. The zero-order valence-corrected chi connectivity index (χ0v) is 16.1. The summed E-state index contributed by atoms with van der Waals surface area (Å²) in [6, 6.07) is 25.9. The first kappa shape index (κ1) is 17.1. The largest absolute Gasteiger partial charge is 0.298 e. The maximum atomic E-state index is 13.1. The van der Waals surface area contributed by atoms with E-state index in [2.05, 4.69) is 31.9 Å². The van der Waals surface area contributed by atoms with Crippen LogP contribution in [0.4, 0.5) is 0 Å². The molecule has 0 bridgehead atoms. The first-order valence-corrected chi connectivity index (χ1v) is 9.29. The molecule has 0 aliphatic heterocycles. The summed E-state index contributed by atoms with van der Waals surface area (Å²) in [5.74, 6) is -0.0581. The van der Waals surface area contributed by atoms with E-state index < -0.39 is 0 Å². The van der Waals surface area contributed by atoms with Crippen LogP contribution in [-0.2, 0) is 11.2 Å². The van der Waals surface area contributed by atoms with Gasteiger partial charge in [0.2, 0.25) is 0 Å². The molecule has 3 rings (SSSR count). The van der Waals surface area contributed by atoms with E-state index in [1.807, 2.05) is 78.9 Å². The summed E-state index contributed by atoms with van der Waals surface area (Å²) in [6.07, 6.45) is 0.428. The molecular formula is C21H16Br2O. The molecule has 0 heterocycles. The van der Waals surface area contributed by atoms with E-state index >= 15 is 0 Å². The van der Waals surface area contributed by atoms with Gasteiger partial charge in [0, 0.05) is 15.4 Å². The van der Waals surface area contributed by atoms with Crippen molar-refractivity contribution in [3.63, 3.8) is 0 Å². The fourth-order valence-corrected chi connectivity index (χ4v) is 3.30. The topological polar surface area (TPSA) is 17.1 Å². The first-order valence-electron chi connectivity index (χ1n) is 7.71. The summed E-state index contributed by atoms with van der Waals surface area (Å²) in [4.78, 5) is 13.1. The first-order chi connectivity index (χ1) is 11.6. The maximum Gasteiger partial charge on any atom is 0.149 e. The predicted molar refractivity (Wildman–Crippen MR) is 105 cm³/mol. The van der Waals surface area contributed by atoms with Crippen molar-refractivity contribution < 1.29 is 4.79 Å². The van der Waals surface area contributed by atoms with Crippen LogP contribution < -0.4 is 0 Å². The molecule has 0 atom stereocenters. The standard InChI is InChI=1S/C21H16Br2O/c22-18-10-6-16(7-11-18)21(17-8-12-19(23)13-9-17)20(24)14-15-4-2-1-3-5-15/h1-13,21H,14H2. The van der Waals surface area contributed by atoms with Crippen LogP contribution in [0.3, 0.4) is 0 Å². The lowest BCUT2D eigenvalue weighted by atomic mass is 9.85. The second-order valence-electron chi connectivity index (χ2n) is 5.66. The van der Waals surface area contributed by atoms with E-state index in [0.717, 1.165) is 25.6 Å². The average Bonchev–Trinajstić information content (AvgIpc) is 2.59. The van der Waals surface area contributed by atoms with Crippen molar-refractivity contribution in [3.05, 3.63) is 104 Å². The number of Topliss-reactive ketones (excluding diaryl/α,β-unsaturated/α-hetero) is 1. The van der Waals surface area contributed by atoms with Gasteiger partial charge in [-0.3, -0.25) is 4.79 Å². The molecule has 0 spiro atoms. The Balaban J connectivity index is 1.96. The highest BCUT2D eigenvalue weighted by atomic mass is 79.9. The smallest absolute Gasteiger partial charge is 0.149 e. The van der Waals surface area contributed by atoms with Gasteiger partial charge in [-0.2, -0.15) is 0 Å². The predicted octanol–water partition coefficient (Wildman–Crippen LogP) is 6.16. The Bertz CT molecular complexity index is 763. The van der Waals surface area contributed by atoms with Gasteiger partial charge < -0.3 is 0 Å². The lowest BCUT2D eigenvalue weighted by Crippen LogP contribution is -2.16. The van der Waals surface area contributed by atoms with Gasteiger partial charge >= 0.3 is 0 Å². The van der Waals surface area contributed by atoms with Crippen LogP contribution in [0.15, 0.2) is 87.8 Å².